The fourth-order valence-electron chi connectivity index (χ4n) is 3.71. The molecule has 2 aliphatic rings. The smallest absolute Gasteiger partial charge is 0.282 e. The number of aliphatic imine (C=N–C) groups is 1. The van der Waals surface area contributed by atoms with Crippen molar-refractivity contribution in [2.24, 2.45) is 4.99 Å². The van der Waals surface area contributed by atoms with Crippen LogP contribution in [0.5, 0.6) is 5.75 Å². The van der Waals surface area contributed by atoms with Crippen molar-refractivity contribution in [3.63, 3.8) is 0 Å². The van der Waals surface area contributed by atoms with E-state index in [0.717, 1.165) is 22.2 Å². The van der Waals surface area contributed by atoms with Gasteiger partial charge in [-0.3, -0.25) is 10.2 Å². The van der Waals surface area contributed by atoms with Crippen LogP contribution < -0.4 is 4.74 Å². The number of aromatic nitrogens is 1. The molecular formula is C24H20N4O3. The number of hydrogen-bond donors (Lipinski definition) is 1. The quantitative estimate of drug-likeness (QED) is 0.638. The van der Waals surface area contributed by atoms with Gasteiger partial charge in [-0.25, -0.2) is 0 Å². The Labute approximate surface area is 179 Å². The van der Waals surface area contributed by atoms with E-state index in [-0.39, 0.29) is 11.4 Å². The third-order valence-corrected chi connectivity index (χ3v) is 5.14. The Morgan fingerprint density at radius 1 is 1.13 bits per heavy atom. The molecule has 2 aliphatic heterocycles. The van der Waals surface area contributed by atoms with Crippen molar-refractivity contribution >= 4 is 34.6 Å². The number of benzene rings is 2. The fraction of sp³-hybridized carbons (Fsp3) is 0.125. The van der Waals surface area contributed by atoms with Crippen molar-refractivity contribution in [1.82, 2.24) is 9.63 Å². The molecule has 3 aromatic rings. The molecule has 2 aromatic carbocycles. The summed E-state index contributed by atoms with van der Waals surface area (Å²) in [7, 11) is 0. The topological polar surface area (TPSA) is 79.9 Å². The monoisotopic (exact) mass is 412 g/mol. The van der Waals surface area contributed by atoms with Crippen molar-refractivity contribution in [3.05, 3.63) is 83.8 Å². The Kier molecular flexibility index (Phi) is 4.63. The molecule has 7 nitrogen and oxygen atoms in total. The highest BCUT2D eigenvalue weighted by Gasteiger charge is 2.34. The molecule has 7 heteroatoms. The number of hydrogen-bond acceptors (Lipinski definition) is 4. The molecule has 31 heavy (non-hydrogen) atoms. The summed E-state index contributed by atoms with van der Waals surface area (Å²) >= 11 is 0. The van der Waals surface area contributed by atoms with Gasteiger partial charge in [0.05, 0.1) is 12.1 Å². The van der Waals surface area contributed by atoms with Gasteiger partial charge < -0.3 is 14.1 Å². The van der Waals surface area contributed by atoms with Crippen molar-refractivity contribution in [2.75, 3.05) is 6.61 Å². The van der Waals surface area contributed by atoms with Crippen molar-refractivity contribution in [3.8, 4) is 5.75 Å². The first-order valence-corrected chi connectivity index (χ1v) is 9.96. The van der Waals surface area contributed by atoms with E-state index in [2.05, 4.69) is 9.56 Å². The van der Waals surface area contributed by atoms with Crippen LogP contribution in [0.25, 0.3) is 17.0 Å². The maximum absolute atomic E-state index is 12.6. The molecule has 0 saturated heterocycles. The molecule has 0 unspecified atom stereocenters. The molecule has 0 spiro atoms. The maximum Gasteiger partial charge on any atom is 0.282 e. The second-order valence-electron chi connectivity index (χ2n) is 7.28. The fourth-order valence-corrected chi connectivity index (χ4v) is 3.71. The summed E-state index contributed by atoms with van der Waals surface area (Å²) in [5, 5.41) is 10.7. The number of fused-ring (bicyclic) bond motifs is 2. The van der Waals surface area contributed by atoms with Gasteiger partial charge in [0.25, 0.3) is 5.91 Å². The minimum absolute atomic E-state index is 0.0210. The third-order valence-electron chi connectivity index (χ3n) is 5.14. The number of carbonyl (C=O) groups excluding carboxylic acids is 1. The third kappa shape index (κ3) is 3.50. The maximum atomic E-state index is 12.6. The van der Waals surface area contributed by atoms with Crippen LogP contribution in [0, 0.1) is 5.41 Å². The van der Waals surface area contributed by atoms with Gasteiger partial charge in [0.15, 0.2) is 11.7 Å². The average Bonchev–Trinajstić information content (AvgIpc) is 3.32. The Hall–Kier alpha value is -4.13. The molecule has 5 rings (SSSR count). The van der Waals surface area contributed by atoms with Gasteiger partial charge in [0.1, 0.15) is 18.1 Å². The molecule has 1 N–H and O–H groups in total. The van der Waals surface area contributed by atoms with Crippen LogP contribution in [0.3, 0.4) is 0 Å². The van der Waals surface area contributed by atoms with Gasteiger partial charge in [0.2, 0.25) is 0 Å². The van der Waals surface area contributed by atoms with E-state index in [1.54, 1.807) is 19.1 Å². The zero-order chi connectivity index (χ0) is 21.4. The highest BCUT2D eigenvalue weighted by Crippen LogP contribution is 2.27. The number of nitrogens with zero attached hydrogens (tertiary/aromatic N) is 3. The predicted octanol–water partition coefficient (Wildman–Crippen LogP) is 4.17. The number of allylic oxidation sites excluding steroid dienone is 1. The number of hydroxylamine groups is 2. The Bertz CT molecular complexity index is 1280. The first-order chi connectivity index (χ1) is 15.1. The number of para-hydroxylation sites is 2. The van der Waals surface area contributed by atoms with E-state index in [9.17, 15) is 4.79 Å². The molecular weight excluding hydrogens is 392 g/mol. The van der Waals surface area contributed by atoms with Gasteiger partial charge >= 0.3 is 0 Å². The number of nitrogens with one attached hydrogen (secondary N) is 1. The van der Waals surface area contributed by atoms with Crippen LogP contribution in [-0.4, -0.2) is 33.8 Å². The lowest BCUT2D eigenvalue weighted by atomic mass is 10.1. The van der Waals surface area contributed by atoms with E-state index in [0.29, 0.717) is 24.7 Å². The van der Waals surface area contributed by atoms with Gasteiger partial charge in [-0.05, 0) is 31.2 Å². The molecule has 0 bridgehead atoms. The van der Waals surface area contributed by atoms with Gasteiger partial charge in [0, 0.05) is 28.7 Å². The molecule has 0 radical (unpaired) electrons. The molecule has 3 heterocycles. The molecule has 154 valence electrons. The van der Waals surface area contributed by atoms with E-state index < -0.39 is 5.91 Å². The second kappa shape index (κ2) is 7.60. The lowest BCUT2D eigenvalue weighted by molar-refractivity contribution is -0.114. The van der Waals surface area contributed by atoms with Crippen LogP contribution in [-0.2, 0) is 16.2 Å². The average molecular weight is 412 g/mol. The van der Waals surface area contributed by atoms with Gasteiger partial charge in [-0.1, -0.05) is 36.4 Å². The Morgan fingerprint density at radius 3 is 2.74 bits per heavy atom. The highest BCUT2D eigenvalue weighted by atomic mass is 16.7. The summed E-state index contributed by atoms with van der Waals surface area (Å²) in [5.41, 5.74) is 2.06. The van der Waals surface area contributed by atoms with E-state index in [1.807, 2.05) is 60.8 Å². The normalized spacial score (nSPS) is 16.9. The SMILES string of the molecule is CC1=CC2=NC(=O)C(=Cc3cn(CCOc4ccccc4)c4ccccc34)C(=N)N2O1. The molecule has 0 saturated carbocycles. The largest absolute Gasteiger partial charge is 0.492 e. The Balaban J connectivity index is 1.44. The zero-order valence-corrected chi connectivity index (χ0v) is 16.9. The molecule has 0 aliphatic carbocycles. The lowest BCUT2D eigenvalue weighted by Crippen LogP contribution is -2.38. The minimum atomic E-state index is -0.449. The molecule has 1 aromatic heterocycles. The van der Waals surface area contributed by atoms with Gasteiger partial charge in [-0.15, -0.1) is 5.06 Å². The minimum Gasteiger partial charge on any atom is -0.492 e. The summed E-state index contributed by atoms with van der Waals surface area (Å²) in [5.74, 6) is 1.28. The standard InChI is InChI=1S/C24H20N4O3/c1-16-13-22-26-24(29)20(23(25)28(22)31-16)14-17-15-27(21-10-6-5-9-19(17)21)11-12-30-18-7-3-2-4-8-18/h2-10,13-15,25H,11-12H2,1H3. The van der Waals surface area contributed by atoms with Crippen LogP contribution in [0.1, 0.15) is 12.5 Å². The van der Waals surface area contributed by atoms with Crippen molar-refractivity contribution < 1.29 is 14.4 Å². The summed E-state index contributed by atoms with van der Waals surface area (Å²) < 4.78 is 7.93. The van der Waals surface area contributed by atoms with Gasteiger partial charge in [-0.2, -0.15) is 4.99 Å². The van der Waals surface area contributed by atoms with E-state index >= 15 is 0 Å². The number of rotatable bonds is 5. The second-order valence-corrected chi connectivity index (χ2v) is 7.28. The van der Waals surface area contributed by atoms with Crippen LogP contribution >= 0.6 is 0 Å². The summed E-state index contributed by atoms with van der Waals surface area (Å²) in [6.07, 6.45) is 5.32. The number of amides is 1. The summed E-state index contributed by atoms with van der Waals surface area (Å²) in [6.45, 7) is 2.91. The number of amidine groups is 2. The van der Waals surface area contributed by atoms with Crippen LogP contribution in [0.4, 0.5) is 0 Å². The molecule has 0 fully saturated rings. The van der Waals surface area contributed by atoms with Crippen molar-refractivity contribution in [2.45, 2.75) is 13.5 Å². The van der Waals surface area contributed by atoms with Crippen molar-refractivity contribution in [1.29, 1.82) is 5.41 Å². The number of carbonyl (C=O) groups is 1. The number of ether oxygens (including phenoxy) is 1. The summed E-state index contributed by atoms with van der Waals surface area (Å²) in [4.78, 5) is 22.2. The van der Waals surface area contributed by atoms with Crippen LogP contribution in [0.2, 0.25) is 0 Å². The highest BCUT2D eigenvalue weighted by molar-refractivity contribution is 6.32. The zero-order valence-electron chi connectivity index (χ0n) is 16.9. The first kappa shape index (κ1) is 18.9. The van der Waals surface area contributed by atoms with E-state index in [4.69, 9.17) is 15.0 Å². The molecule has 1 amide bonds. The summed E-state index contributed by atoms with van der Waals surface area (Å²) in [6, 6.07) is 17.6. The Morgan fingerprint density at radius 2 is 1.90 bits per heavy atom. The molecule has 0 atom stereocenters. The van der Waals surface area contributed by atoms with E-state index in [1.165, 1.54) is 5.06 Å². The van der Waals surface area contributed by atoms with Crippen LogP contribution in [0.15, 0.2) is 83.2 Å². The first-order valence-electron chi connectivity index (χ1n) is 9.96. The lowest BCUT2D eigenvalue weighted by Gasteiger charge is -2.22. The predicted molar refractivity (Wildman–Crippen MR) is 119 cm³/mol.